The van der Waals surface area contributed by atoms with Gasteiger partial charge >= 0.3 is 0 Å². The largest absolute Gasteiger partial charge is 0.394 e. The van der Waals surface area contributed by atoms with Gasteiger partial charge in [0, 0.05) is 0 Å². The van der Waals surface area contributed by atoms with Crippen LogP contribution in [0.25, 0.3) is 0 Å². The third-order valence-electron chi connectivity index (χ3n) is 16.3. The molecular formula is C69H129NO10. The number of nitrogens with one attached hydrogen (secondary N) is 1. The van der Waals surface area contributed by atoms with E-state index in [0.29, 0.717) is 19.3 Å². The maximum Gasteiger partial charge on any atom is 0.249 e. The molecule has 1 saturated heterocycles. The van der Waals surface area contributed by atoms with Gasteiger partial charge in [-0.05, 0) is 83.5 Å². The van der Waals surface area contributed by atoms with Crippen LogP contribution in [0.5, 0.6) is 0 Å². The first-order chi connectivity index (χ1) is 39.2. The minimum atomic E-state index is -1.68. The summed E-state index contributed by atoms with van der Waals surface area (Å²) in [5.74, 6) is -0.716. The summed E-state index contributed by atoms with van der Waals surface area (Å²) < 4.78 is 11.2. The van der Waals surface area contributed by atoms with Crippen LogP contribution in [-0.2, 0) is 14.3 Å². The van der Waals surface area contributed by atoms with Crippen LogP contribution in [0.3, 0.4) is 0 Å². The first kappa shape index (κ1) is 76.1. The van der Waals surface area contributed by atoms with Crippen LogP contribution in [0.1, 0.15) is 316 Å². The smallest absolute Gasteiger partial charge is 0.249 e. The van der Waals surface area contributed by atoms with Gasteiger partial charge in [-0.25, -0.2) is 0 Å². The number of hydrogen-bond donors (Lipinski definition) is 8. The molecule has 1 fully saturated rings. The Morgan fingerprint density at radius 3 is 1.19 bits per heavy atom. The van der Waals surface area contributed by atoms with Crippen LogP contribution in [0.15, 0.2) is 48.6 Å². The second-order valence-corrected chi connectivity index (χ2v) is 23.9. The summed E-state index contributed by atoms with van der Waals surface area (Å²) in [6.45, 7) is 3.47. The molecular weight excluding hydrogens is 1000 g/mol. The number of carbonyl (C=O) groups excluding carboxylic acids is 1. The average Bonchev–Trinajstić information content (AvgIpc) is 3.47. The second kappa shape index (κ2) is 57.5. The van der Waals surface area contributed by atoms with Crippen molar-refractivity contribution >= 4 is 5.91 Å². The molecule has 1 amide bonds. The summed E-state index contributed by atoms with van der Waals surface area (Å²) in [5, 5.41) is 76.4. The number of rotatable bonds is 59. The zero-order valence-corrected chi connectivity index (χ0v) is 51.8. The van der Waals surface area contributed by atoms with Crippen molar-refractivity contribution in [2.24, 2.45) is 0 Å². The Hall–Kier alpha value is -1.93. The number of aliphatic hydroxyl groups is 7. The van der Waals surface area contributed by atoms with Crippen LogP contribution < -0.4 is 5.32 Å². The molecule has 0 aromatic rings. The highest BCUT2D eigenvalue weighted by molar-refractivity contribution is 5.80. The summed E-state index contributed by atoms with van der Waals surface area (Å²) >= 11 is 0. The highest BCUT2D eigenvalue weighted by Crippen LogP contribution is 2.24. The SMILES string of the molecule is CCCCCCCCCCC/C=C\C/C=C\CCCCCCCCC(O)C(=O)NC(COC1OC(CO)C(O)C(O)C1O)C(O)C(O)CCC/C=C/CC/C=C/CCCCCCCCCCCCCCCCCCCCCCCC. The average molecular weight is 1130 g/mol. The van der Waals surface area contributed by atoms with Crippen molar-refractivity contribution in [2.75, 3.05) is 13.2 Å². The van der Waals surface area contributed by atoms with Crippen LogP contribution in [0.4, 0.5) is 0 Å². The Labute approximate surface area is 491 Å². The minimum absolute atomic E-state index is 0.238. The van der Waals surface area contributed by atoms with Gasteiger partial charge in [-0.1, -0.05) is 281 Å². The monoisotopic (exact) mass is 1130 g/mol. The Balaban J connectivity index is 2.26. The summed E-state index contributed by atoms with van der Waals surface area (Å²) in [6.07, 6.45) is 63.4. The van der Waals surface area contributed by atoms with E-state index in [4.69, 9.17) is 9.47 Å². The molecule has 1 heterocycles. The molecule has 0 bridgehead atoms. The standard InChI is InChI=1S/C69H129NO10/c1-3-5-7-9-11-13-15-17-19-21-23-25-27-28-29-30-31-32-33-34-35-37-38-40-42-44-46-48-50-52-54-56-61(72)64(74)60(59-79-69-67(77)66(76)65(75)63(58-71)80-69)70-68(78)62(73)57-55-53-51-49-47-45-43-41-39-36-26-24-22-20-18-16-14-12-10-8-6-4-2/h24,26,39-42,48,50,60-67,69,71-77H,3-23,25,27-38,43-47,49,51-59H2,1-2H3,(H,70,78)/b26-24-,41-39-,42-40+,50-48+. The lowest BCUT2D eigenvalue weighted by atomic mass is 9.98. The number of ether oxygens (including phenoxy) is 2. The molecule has 0 radical (unpaired) electrons. The molecule has 0 saturated carbocycles. The zero-order chi connectivity index (χ0) is 58.2. The van der Waals surface area contributed by atoms with Gasteiger partial charge in [0.25, 0.3) is 0 Å². The molecule has 470 valence electrons. The van der Waals surface area contributed by atoms with Crippen LogP contribution in [0, 0.1) is 0 Å². The second-order valence-electron chi connectivity index (χ2n) is 23.9. The molecule has 8 N–H and O–H groups in total. The van der Waals surface area contributed by atoms with E-state index in [-0.39, 0.29) is 12.8 Å². The van der Waals surface area contributed by atoms with Crippen LogP contribution >= 0.6 is 0 Å². The van der Waals surface area contributed by atoms with Gasteiger partial charge in [0.15, 0.2) is 6.29 Å². The number of unbranched alkanes of at least 4 members (excludes halogenated alkanes) is 39. The van der Waals surface area contributed by atoms with E-state index in [1.807, 2.05) is 0 Å². The first-order valence-corrected chi connectivity index (χ1v) is 34.0. The van der Waals surface area contributed by atoms with E-state index in [1.54, 1.807) is 0 Å². The molecule has 1 aliphatic rings. The Bertz CT molecular complexity index is 1440. The molecule has 1 aliphatic heterocycles. The van der Waals surface area contributed by atoms with Gasteiger partial charge < -0.3 is 50.5 Å². The van der Waals surface area contributed by atoms with Gasteiger partial charge in [0.1, 0.15) is 36.6 Å². The van der Waals surface area contributed by atoms with E-state index in [1.165, 1.54) is 205 Å². The number of amides is 1. The lowest BCUT2D eigenvalue weighted by Crippen LogP contribution is -2.60. The third-order valence-corrected chi connectivity index (χ3v) is 16.3. The van der Waals surface area contributed by atoms with Gasteiger partial charge in [-0.2, -0.15) is 0 Å². The van der Waals surface area contributed by atoms with E-state index in [9.17, 15) is 40.5 Å². The van der Waals surface area contributed by atoms with Crippen molar-refractivity contribution in [1.29, 1.82) is 0 Å². The van der Waals surface area contributed by atoms with E-state index in [2.05, 4.69) is 67.8 Å². The predicted octanol–water partition coefficient (Wildman–Crippen LogP) is 16.0. The fraction of sp³-hybridized carbons (Fsp3) is 0.870. The van der Waals surface area contributed by atoms with Crippen molar-refractivity contribution in [1.82, 2.24) is 5.32 Å². The molecule has 0 spiro atoms. The van der Waals surface area contributed by atoms with E-state index in [0.717, 1.165) is 64.2 Å². The zero-order valence-electron chi connectivity index (χ0n) is 51.8. The molecule has 9 unspecified atom stereocenters. The summed E-state index contributed by atoms with van der Waals surface area (Å²) in [7, 11) is 0. The van der Waals surface area contributed by atoms with Crippen molar-refractivity contribution in [3.63, 3.8) is 0 Å². The van der Waals surface area contributed by atoms with E-state index >= 15 is 0 Å². The fourth-order valence-corrected chi connectivity index (χ4v) is 10.8. The topological polar surface area (TPSA) is 189 Å². The van der Waals surface area contributed by atoms with Gasteiger partial charge in [-0.3, -0.25) is 4.79 Å². The maximum absolute atomic E-state index is 13.2. The van der Waals surface area contributed by atoms with Gasteiger partial charge in [-0.15, -0.1) is 0 Å². The molecule has 1 rings (SSSR count). The lowest BCUT2D eigenvalue weighted by Gasteiger charge is -2.40. The van der Waals surface area contributed by atoms with Crippen LogP contribution in [0.2, 0.25) is 0 Å². The number of hydrogen-bond acceptors (Lipinski definition) is 10. The number of carbonyl (C=O) groups is 1. The maximum atomic E-state index is 13.2. The highest BCUT2D eigenvalue weighted by Gasteiger charge is 2.44. The molecule has 0 aromatic carbocycles. The van der Waals surface area contributed by atoms with Gasteiger partial charge in [0.2, 0.25) is 5.91 Å². The molecule has 80 heavy (non-hydrogen) atoms. The normalized spacial score (nSPS) is 19.5. The summed E-state index contributed by atoms with van der Waals surface area (Å²) in [4.78, 5) is 13.2. The van der Waals surface area contributed by atoms with Crippen LogP contribution in [-0.4, -0.2) is 110 Å². The quantitative estimate of drug-likeness (QED) is 0.0215. The molecule has 11 heteroatoms. The fourth-order valence-electron chi connectivity index (χ4n) is 10.8. The van der Waals surface area contributed by atoms with E-state index < -0.39 is 74.2 Å². The number of aliphatic hydroxyl groups excluding tert-OH is 7. The highest BCUT2D eigenvalue weighted by atomic mass is 16.7. The minimum Gasteiger partial charge on any atom is -0.394 e. The van der Waals surface area contributed by atoms with Crippen molar-refractivity contribution < 1.29 is 50.0 Å². The Kier molecular flexibility index (Phi) is 54.7. The third kappa shape index (κ3) is 44.6. The molecule has 9 atom stereocenters. The number of allylic oxidation sites excluding steroid dienone is 8. The first-order valence-electron chi connectivity index (χ1n) is 34.0. The predicted molar refractivity (Wildman–Crippen MR) is 335 cm³/mol. The molecule has 0 aromatic heterocycles. The Morgan fingerprint density at radius 2 is 0.787 bits per heavy atom. The summed E-state index contributed by atoms with van der Waals surface area (Å²) in [6, 6.07) is -1.20. The van der Waals surface area contributed by atoms with Crippen molar-refractivity contribution in [3.05, 3.63) is 48.6 Å². The molecule has 0 aliphatic carbocycles. The lowest BCUT2D eigenvalue weighted by molar-refractivity contribution is -0.303. The Morgan fingerprint density at radius 1 is 0.438 bits per heavy atom. The molecule has 11 nitrogen and oxygen atoms in total. The van der Waals surface area contributed by atoms with Crippen molar-refractivity contribution in [3.8, 4) is 0 Å². The van der Waals surface area contributed by atoms with Crippen molar-refractivity contribution in [2.45, 2.75) is 371 Å². The summed E-state index contributed by atoms with van der Waals surface area (Å²) in [5.41, 5.74) is 0. The van der Waals surface area contributed by atoms with Gasteiger partial charge in [0.05, 0.1) is 25.4 Å².